The number of fused-ring (bicyclic) bond motifs is 1. The van der Waals surface area contributed by atoms with E-state index in [0.29, 0.717) is 41.7 Å². The van der Waals surface area contributed by atoms with Crippen molar-refractivity contribution in [1.82, 2.24) is 0 Å². The van der Waals surface area contributed by atoms with Crippen LogP contribution in [-0.4, -0.2) is 37.6 Å². The number of para-hydroxylation sites is 1. The molecule has 7 heteroatoms. The summed E-state index contributed by atoms with van der Waals surface area (Å²) in [6, 6.07) is 20.9. The monoisotopic (exact) mass is 487 g/mol. The normalized spacial score (nSPS) is 14.5. The van der Waals surface area contributed by atoms with Gasteiger partial charge >= 0.3 is 0 Å². The van der Waals surface area contributed by atoms with E-state index in [-0.39, 0.29) is 24.4 Å². The lowest BCUT2D eigenvalue weighted by Crippen LogP contribution is -2.42. The molecule has 2 amide bonds. The fourth-order valence-electron chi connectivity index (χ4n) is 4.43. The van der Waals surface area contributed by atoms with Gasteiger partial charge in [-0.05, 0) is 57.4 Å². The van der Waals surface area contributed by atoms with Crippen LogP contribution in [0.1, 0.15) is 43.1 Å². The van der Waals surface area contributed by atoms with Crippen LogP contribution in [-0.2, 0) is 11.2 Å². The number of aryl methyl sites for hydroxylation is 1. The number of ether oxygens (including phenoxy) is 2. The van der Waals surface area contributed by atoms with E-state index in [0.717, 1.165) is 18.5 Å². The van der Waals surface area contributed by atoms with Crippen molar-refractivity contribution >= 4 is 28.9 Å². The average molecular weight is 488 g/mol. The van der Waals surface area contributed by atoms with Gasteiger partial charge in [-0.2, -0.15) is 0 Å². The maximum Gasteiger partial charge on any atom is 0.255 e. The van der Waals surface area contributed by atoms with Crippen molar-refractivity contribution in [1.29, 1.82) is 0 Å². The van der Waals surface area contributed by atoms with E-state index in [4.69, 9.17) is 9.47 Å². The second kappa shape index (κ2) is 11.6. The minimum Gasteiger partial charge on any atom is -0.492 e. The zero-order chi connectivity index (χ0) is 25.5. The number of nitrogens with one attached hydrogen (secondary N) is 2. The molecule has 36 heavy (non-hydrogen) atoms. The SMILES string of the molecule is CCOc1cc(NC(=O)c2ccccc2)c(OCC)cc1NC(=O)CN1c2ccccc2CCC1C. The van der Waals surface area contributed by atoms with E-state index >= 15 is 0 Å². The number of amides is 2. The Morgan fingerprint density at radius 2 is 1.50 bits per heavy atom. The number of rotatable bonds is 9. The van der Waals surface area contributed by atoms with Crippen LogP contribution in [0.15, 0.2) is 66.7 Å². The third-order valence-corrected chi connectivity index (χ3v) is 6.22. The van der Waals surface area contributed by atoms with Crippen molar-refractivity contribution in [2.45, 2.75) is 39.7 Å². The van der Waals surface area contributed by atoms with Gasteiger partial charge in [0, 0.05) is 29.4 Å². The molecule has 7 nitrogen and oxygen atoms in total. The first-order valence-corrected chi connectivity index (χ1v) is 12.4. The minimum atomic E-state index is -0.256. The lowest BCUT2D eigenvalue weighted by atomic mass is 9.96. The topological polar surface area (TPSA) is 79.9 Å². The molecule has 1 aliphatic rings. The molecule has 1 unspecified atom stereocenters. The van der Waals surface area contributed by atoms with Gasteiger partial charge in [-0.25, -0.2) is 0 Å². The molecule has 0 bridgehead atoms. The van der Waals surface area contributed by atoms with Gasteiger partial charge in [0.2, 0.25) is 5.91 Å². The molecule has 0 aliphatic carbocycles. The Morgan fingerprint density at radius 1 is 0.889 bits per heavy atom. The fraction of sp³-hybridized carbons (Fsp3) is 0.310. The summed E-state index contributed by atoms with van der Waals surface area (Å²) in [6.45, 7) is 6.91. The van der Waals surface area contributed by atoms with Gasteiger partial charge in [-0.15, -0.1) is 0 Å². The third-order valence-electron chi connectivity index (χ3n) is 6.22. The zero-order valence-corrected chi connectivity index (χ0v) is 21.0. The maximum absolute atomic E-state index is 13.2. The van der Waals surface area contributed by atoms with Crippen molar-refractivity contribution in [2.24, 2.45) is 0 Å². The molecule has 0 saturated carbocycles. The lowest BCUT2D eigenvalue weighted by molar-refractivity contribution is -0.115. The van der Waals surface area contributed by atoms with E-state index in [9.17, 15) is 9.59 Å². The first-order valence-electron chi connectivity index (χ1n) is 12.4. The summed E-state index contributed by atoms with van der Waals surface area (Å²) < 4.78 is 11.6. The maximum atomic E-state index is 13.2. The summed E-state index contributed by atoms with van der Waals surface area (Å²) in [6.07, 6.45) is 2.01. The smallest absolute Gasteiger partial charge is 0.255 e. The molecule has 3 aromatic rings. The standard InChI is InChI=1S/C29H33N3O4/c1-4-35-26-18-24(31-29(34)22-12-7-6-8-13-22)27(36-5-2)17-23(26)30-28(33)19-32-20(3)15-16-21-11-9-10-14-25(21)32/h6-14,17-18,20H,4-5,15-16,19H2,1-3H3,(H,30,33)(H,31,34). The molecule has 3 aromatic carbocycles. The van der Waals surface area contributed by atoms with Gasteiger partial charge in [0.15, 0.2) is 0 Å². The average Bonchev–Trinajstić information content (AvgIpc) is 2.89. The molecule has 188 valence electrons. The predicted octanol–water partition coefficient (Wildman–Crippen LogP) is 5.52. The van der Waals surface area contributed by atoms with Crippen LogP contribution in [0.4, 0.5) is 17.1 Å². The van der Waals surface area contributed by atoms with Gasteiger partial charge in [0.1, 0.15) is 11.5 Å². The Kier molecular flexibility index (Phi) is 8.10. The van der Waals surface area contributed by atoms with Gasteiger partial charge in [0.05, 0.1) is 31.1 Å². The Balaban J connectivity index is 1.57. The van der Waals surface area contributed by atoms with Crippen molar-refractivity contribution in [2.75, 3.05) is 35.3 Å². The largest absolute Gasteiger partial charge is 0.492 e. The molecule has 1 aliphatic heterocycles. The van der Waals surface area contributed by atoms with Crippen molar-refractivity contribution < 1.29 is 19.1 Å². The number of hydrogen-bond donors (Lipinski definition) is 2. The molecule has 0 spiro atoms. The summed E-state index contributed by atoms with van der Waals surface area (Å²) in [4.78, 5) is 28.1. The fourth-order valence-corrected chi connectivity index (χ4v) is 4.43. The third kappa shape index (κ3) is 5.79. The second-order valence-corrected chi connectivity index (χ2v) is 8.72. The van der Waals surface area contributed by atoms with Crippen LogP contribution in [0.25, 0.3) is 0 Å². The number of anilines is 3. The molecule has 4 rings (SSSR count). The highest BCUT2D eigenvalue weighted by molar-refractivity contribution is 6.05. The number of carbonyl (C=O) groups is 2. The van der Waals surface area contributed by atoms with E-state index in [1.165, 1.54) is 5.56 Å². The summed E-state index contributed by atoms with van der Waals surface area (Å²) in [7, 11) is 0. The number of nitrogens with zero attached hydrogens (tertiary/aromatic N) is 1. The Labute approximate surface area is 212 Å². The van der Waals surface area contributed by atoms with Gasteiger partial charge in [-0.1, -0.05) is 36.4 Å². The molecular formula is C29H33N3O4. The Hall–Kier alpha value is -4.00. The van der Waals surface area contributed by atoms with Crippen LogP contribution in [0.3, 0.4) is 0 Å². The van der Waals surface area contributed by atoms with Crippen LogP contribution in [0.2, 0.25) is 0 Å². The molecule has 0 saturated heterocycles. The molecule has 0 radical (unpaired) electrons. The van der Waals surface area contributed by atoms with Gasteiger partial charge in [0.25, 0.3) is 5.91 Å². The minimum absolute atomic E-state index is 0.150. The highest BCUT2D eigenvalue weighted by atomic mass is 16.5. The Morgan fingerprint density at radius 3 is 2.17 bits per heavy atom. The lowest BCUT2D eigenvalue weighted by Gasteiger charge is -2.36. The quantitative estimate of drug-likeness (QED) is 0.416. The highest BCUT2D eigenvalue weighted by Crippen LogP contribution is 2.37. The van der Waals surface area contributed by atoms with E-state index in [1.807, 2.05) is 44.2 Å². The summed E-state index contributed by atoms with van der Waals surface area (Å²) >= 11 is 0. The zero-order valence-electron chi connectivity index (χ0n) is 21.0. The summed E-state index contributed by atoms with van der Waals surface area (Å²) in [5, 5.41) is 5.92. The number of hydrogen-bond acceptors (Lipinski definition) is 5. The highest BCUT2D eigenvalue weighted by Gasteiger charge is 2.25. The molecular weight excluding hydrogens is 454 g/mol. The first-order chi connectivity index (χ1) is 17.5. The molecule has 1 atom stereocenters. The Bertz CT molecular complexity index is 1210. The molecule has 0 fully saturated rings. The number of carbonyl (C=O) groups excluding carboxylic acids is 2. The van der Waals surface area contributed by atoms with Crippen LogP contribution in [0, 0.1) is 0 Å². The number of benzene rings is 3. The molecule has 0 aromatic heterocycles. The van der Waals surface area contributed by atoms with E-state index in [2.05, 4.69) is 34.6 Å². The van der Waals surface area contributed by atoms with Crippen LogP contribution in [0.5, 0.6) is 11.5 Å². The van der Waals surface area contributed by atoms with E-state index in [1.54, 1.807) is 24.3 Å². The van der Waals surface area contributed by atoms with Gasteiger partial charge in [-0.3, -0.25) is 9.59 Å². The summed E-state index contributed by atoms with van der Waals surface area (Å²) in [5.74, 6) is 0.513. The van der Waals surface area contributed by atoms with Crippen LogP contribution < -0.4 is 25.0 Å². The van der Waals surface area contributed by atoms with Crippen molar-refractivity contribution in [3.63, 3.8) is 0 Å². The molecule has 2 N–H and O–H groups in total. The second-order valence-electron chi connectivity index (χ2n) is 8.72. The summed E-state index contributed by atoms with van der Waals surface area (Å²) in [5.41, 5.74) is 3.87. The van der Waals surface area contributed by atoms with Crippen molar-refractivity contribution in [3.8, 4) is 11.5 Å². The first kappa shape index (κ1) is 25.1. The van der Waals surface area contributed by atoms with Gasteiger partial charge < -0.3 is 25.0 Å². The predicted molar refractivity (Wildman–Crippen MR) is 143 cm³/mol. The van der Waals surface area contributed by atoms with E-state index < -0.39 is 0 Å². The molecule has 1 heterocycles. The van der Waals surface area contributed by atoms with Crippen molar-refractivity contribution in [3.05, 3.63) is 77.9 Å². The van der Waals surface area contributed by atoms with Crippen LogP contribution >= 0.6 is 0 Å².